The second-order valence-corrected chi connectivity index (χ2v) is 6.64. The van der Waals surface area contributed by atoms with Crippen LogP contribution in [0.1, 0.15) is 41.0 Å². The number of aliphatic hydroxyl groups is 1. The predicted molar refractivity (Wildman–Crippen MR) is 91.1 cm³/mol. The third-order valence-corrected chi connectivity index (χ3v) is 4.47. The quantitative estimate of drug-likeness (QED) is 0.604. The van der Waals surface area contributed by atoms with Gasteiger partial charge in [-0.15, -0.1) is 0 Å². The van der Waals surface area contributed by atoms with Crippen LogP contribution in [0.4, 0.5) is 18.9 Å². The lowest BCUT2D eigenvalue weighted by Crippen LogP contribution is -2.56. The normalized spacial score (nSPS) is 19.6. The summed E-state index contributed by atoms with van der Waals surface area (Å²) >= 11 is 0. The molecule has 29 heavy (non-hydrogen) atoms. The molecule has 0 aliphatic carbocycles. The zero-order valence-corrected chi connectivity index (χ0v) is 15.5. The number of hydrogen-bond acceptors (Lipinski definition) is 7. The highest BCUT2D eigenvalue weighted by atomic mass is 19.4. The largest absolute Gasteiger partial charge is 0.454 e. The van der Waals surface area contributed by atoms with Crippen LogP contribution in [0.2, 0.25) is 0 Å². The molecule has 3 rings (SSSR count). The zero-order valence-electron chi connectivity index (χ0n) is 15.5. The Bertz CT molecular complexity index is 1020. The van der Waals surface area contributed by atoms with E-state index >= 15 is 0 Å². The second-order valence-electron chi connectivity index (χ2n) is 6.64. The van der Waals surface area contributed by atoms with E-state index in [0.29, 0.717) is 0 Å². The number of nitrogens with zero attached hydrogens (tertiary/aromatic N) is 5. The number of carbonyl (C=O) groups excluding carboxylic acids is 1. The molecule has 3 heterocycles. The molecule has 1 amide bonds. The Labute approximate surface area is 161 Å². The average Bonchev–Trinajstić information content (AvgIpc) is 3.24. The van der Waals surface area contributed by atoms with Crippen LogP contribution in [-0.2, 0) is 6.54 Å². The topological polar surface area (TPSA) is 127 Å². The lowest BCUT2D eigenvalue weighted by molar-refractivity contribution is -0.386. The number of hydrazone groups is 1. The number of rotatable bonds is 4. The van der Waals surface area contributed by atoms with Crippen molar-refractivity contribution in [3.63, 3.8) is 0 Å². The van der Waals surface area contributed by atoms with Crippen LogP contribution in [-0.4, -0.2) is 48.3 Å². The molecule has 1 unspecified atom stereocenters. The summed E-state index contributed by atoms with van der Waals surface area (Å²) in [5.74, 6) is -1.62. The third-order valence-electron chi connectivity index (χ3n) is 4.47. The van der Waals surface area contributed by atoms with Gasteiger partial charge in [-0.1, -0.05) is 0 Å². The third kappa shape index (κ3) is 3.37. The maximum Gasteiger partial charge on any atom is 0.438 e. The van der Waals surface area contributed by atoms with Gasteiger partial charge in [0.1, 0.15) is 17.1 Å². The molecular formula is C16H16F3N5O5. The van der Waals surface area contributed by atoms with Crippen molar-refractivity contribution in [2.75, 3.05) is 0 Å². The number of hydrogen-bond donors (Lipinski definition) is 1. The Morgan fingerprint density at radius 1 is 1.38 bits per heavy atom. The first-order valence-corrected chi connectivity index (χ1v) is 8.30. The summed E-state index contributed by atoms with van der Waals surface area (Å²) < 4.78 is 46.4. The molecule has 0 saturated carbocycles. The van der Waals surface area contributed by atoms with Gasteiger partial charge in [-0.3, -0.25) is 19.6 Å². The fourth-order valence-corrected chi connectivity index (χ4v) is 3.09. The maximum absolute atomic E-state index is 13.3. The number of amides is 1. The first-order chi connectivity index (χ1) is 13.3. The van der Waals surface area contributed by atoms with Crippen LogP contribution < -0.4 is 0 Å². The molecule has 2 aromatic heterocycles. The van der Waals surface area contributed by atoms with Crippen molar-refractivity contribution in [3.05, 3.63) is 45.2 Å². The molecule has 0 bridgehead atoms. The van der Waals surface area contributed by atoms with Crippen molar-refractivity contribution in [1.29, 1.82) is 0 Å². The molecule has 10 nitrogen and oxygen atoms in total. The smallest absolute Gasteiger partial charge is 0.438 e. The molecule has 1 aliphatic heterocycles. The van der Waals surface area contributed by atoms with Crippen molar-refractivity contribution in [2.24, 2.45) is 5.10 Å². The van der Waals surface area contributed by atoms with Gasteiger partial charge in [0.2, 0.25) is 0 Å². The summed E-state index contributed by atoms with van der Waals surface area (Å²) in [7, 11) is 0. The van der Waals surface area contributed by atoms with Gasteiger partial charge in [0.15, 0.2) is 5.76 Å². The van der Waals surface area contributed by atoms with Gasteiger partial charge in [-0.2, -0.15) is 28.4 Å². The highest BCUT2D eigenvalue weighted by Crippen LogP contribution is 2.41. The minimum Gasteiger partial charge on any atom is -0.454 e. The molecule has 0 fully saturated rings. The lowest BCUT2D eigenvalue weighted by Gasteiger charge is -2.32. The Balaban J connectivity index is 1.86. The van der Waals surface area contributed by atoms with Crippen molar-refractivity contribution < 1.29 is 32.4 Å². The summed E-state index contributed by atoms with van der Waals surface area (Å²) in [5, 5.41) is 28.6. The first kappa shape index (κ1) is 20.5. The molecule has 2 aromatic rings. The Kier molecular flexibility index (Phi) is 4.73. The second kappa shape index (κ2) is 6.69. The zero-order chi connectivity index (χ0) is 21.7. The highest BCUT2D eigenvalue weighted by molar-refractivity contribution is 5.96. The van der Waals surface area contributed by atoms with E-state index in [1.54, 1.807) is 0 Å². The van der Waals surface area contributed by atoms with E-state index in [0.717, 1.165) is 6.07 Å². The van der Waals surface area contributed by atoms with Crippen molar-refractivity contribution in [3.8, 4) is 0 Å². The molecule has 156 valence electrons. The van der Waals surface area contributed by atoms with Crippen LogP contribution in [0.3, 0.4) is 0 Å². The van der Waals surface area contributed by atoms with Gasteiger partial charge >= 0.3 is 17.8 Å². The number of furan rings is 1. The molecule has 0 saturated heterocycles. The molecule has 1 atom stereocenters. The number of carbonyl (C=O) groups is 1. The van der Waals surface area contributed by atoms with Crippen LogP contribution >= 0.6 is 0 Å². The van der Waals surface area contributed by atoms with Crippen LogP contribution in [0.5, 0.6) is 0 Å². The summed E-state index contributed by atoms with van der Waals surface area (Å²) in [6.07, 6.45) is -5.99. The van der Waals surface area contributed by atoms with Gasteiger partial charge < -0.3 is 9.52 Å². The van der Waals surface area contributed by atoms with E-state index < -0.39 is 34.9 Å². The summed E-state index contributed by atoms with van der Waals surface area (Å²) in [4.78, 5) is 23.0. The van der Waals surface area contributed by atoms with Gasteiger partial charge in [-0.05, 0) is 32.9 Å². The Morgan fingerprint density at radius 3 is 2.59 bits per heavy atom. The van der Waals surface area contributed by atoms with Gasteiger partial charge in [-0.25, -0.2) is 0 Å². The summed E-state index contributed by atoms with van der Waals surface area (Å²) in [6, 6.07) is 2.46. The Morgan fingerprint density at radius 2 is 2.03 bits per heavy atom. The fraction of sp³-hybridized carbons (Fsp3) is 0.438. The van der Waals surface area contributed by atoms with Crippen LogP contribution in [0.15, 0.2) is 21.7 Å². The number of alkyl halides is 3. The first-order valence-electron chi connectivity index (χ1n) is 8.30. The number of aromatic nitrogens is 2. The maximum atomic E-state index is 13.3. The van der Waals surface area contributed by atoms with Gasteiger partial charge in [0, 0.05) is 12.1 Å². The molecule has 0 radical (unpaired) electrons. The van der Waals surface area contributed by atoms with Crippen molar-refractivity contribution in [1.82, 2.24) is 14.8 Å². The molecule has 1 aliphatic rings. The van der Waals surface area contributed by atoms with E-state index in [1.165, 1.54) is 31.5 Å². The molecule has 0 spiro atoms. The van der Waals surface area contributed by atoms with E-state index in [9.17, 15) is 33.2 Å². The monoisotopic (exact) mass is 415 g/mol. The standard InChI is InChI=1S/C16H16F3N5O5/c1-8-6-15(26,16(17,18)19)23(20-8)14(25)12-5-4-11(29-12)7-22-10(3)13(24(27)28)9(2)21-22/h4-5,26H,6-7H2,1-3H3. The van der Waals surface area contributed by atoms with E-state index in [1.807, 2.05) is 0 Å². The molecular weight excluding hydrogens is 399 g/mol. The average molecular weight is 415 g/mol. The molecule has 0 aromatic carbocycles. The molecule has 13 heteroatoms. The van der Waals surface area contributed by atoms with E-state index in [-0.39, 0.29) is 40.1 Å². The van der Waals surface area contributed by atoms with E-state index in [2.05, 4.69) is 10.2 Å². The minimum absolute atomic E-state index is 0.0426. The van der Waals surface area contributed by atoms with Crippen LogP contribution in [0.25, 0.3) is 0 Å². The summed E-state index contributed by atoms with van der Waals surface area (Å²) in [5.41, 5.74) is -3.25. The summed E-state index contributed by atoms with van der Waals surface area (Å²) in [6.45, 7) is 4.12. The van der Waals surface area contributed by atoms with Crippen molar-refractivity contribution >= 4 is 17.3 Å². The highest BCUT2D eigenvalue weighted by Gasteiger charge is 2.63. The van der Waals surface area contributed by atoms with E-state index in [4.69, 9.17) is 4.42 Å². The van der Waals surface area contributed by atoms with Crippen LogP contribution in [0, 0.1) is 24.0 Å². The fourth-order valence-electron chi connectivity index (χ4n) is 3.09. The molecule has 1 N–H and O–H groups in total. The van der Waals surface area contributed by atoms with Gasteiger partial charge in [0.25, 0.3) is 5.72 Å². The minimum atomic E-state index is -5.12. The predicted octanol–water partition coefficient (Wildman–Crippen LogP) is 2.52. The lowest BCUT2D eigenvalue weighted by atomic mass is 10.1. The Hall–Kier alpha value is -3.22. The number of aryl methyl sites for hydroxylation is 1. The number of nitro groups is 1. The van der Waals surface area contributed by atoms with Crippen molar-refractivity contribution in [2.45, 2.75) is 45.6 Å². The number of halogens is 3. The SMILES string of the molecule is CC1=NN(C(=O)c2ccc(Cn3nc(C)c([N+](=O)[O-])c3C)o2)C(O)(C(F)(F)F)C1. The van der Waals surface area contributed by atoms with Gasteiger partial charge in [0.05, 0.1) is 11.5 Å².